The van der Waals surface area contributed by atoms with E-state index < -0.39 is 6.04 Å². The molecule has 2 N–H and O–H groups in total. The van der Waals surface area contributed by atoms with Gasteiger partial charge in [0, 0.05) is 18.2 Å². The van der Waals surface area contributed by atoms with Crippen LogP contribution in [0.25, 0.3) is 11.5 Å². The van der Waals surface area contributed by atoms with Crippen LogP contribution in [-0.4, -0.2) is 28.1 Å². The number of amides is 2. The van der Waals surface area contributed by atoms with Gasteiger partial charge in [-0.1, -0.05) is 12.8 Å². The van der Waals surface area contributed by atoms with Gasteiger partial charge in [-0.2, -0.15) is 0 Å². The molecule has 0 saturated heterocycles. The van der Waals surface area contributed by atoms with Gasteiger partial charge >= 0.3 is 0 Å². The fourth-order valence-corrected chi connectivity index (χ4v) is 3.12. The average Bonchev–Trinajstić information content (AvgIpc) is 3.26. The smallest absolute Gasteiger partial charge is 0.247 e. The van der Waals surface area contributed by atoms with E-state index in [4.69, 9.17) is 4.42 Å². The number of carbonyl (C=O) groups is 2. The van der Waals surface area contributed by atoms with Crippen molar-refractivity contribution in [3.05, 3.63) is 30.7 Å². The summed E-state index contributed by atoms with van der Waals surface area (Å²) in [5, 5.41) is 13.1. The summed E-state index contributed by atoms with van der Waals surface area (Å²) >= 11 is 0. The number of rotatable bonds is 5. The third-order valence-electron chi connectivity index (χ3n) is 4.27. The van der Waals surface area contributed by atoms with Crippen molar-refractivity contribution in [1.29, 1.82) is 0 Å². The molecule has 1 unspecified atom stereocenters. The summed E-state index contributed by atoms with van der Waals surface area (Å²) in [6, 6.07) is 6.66. The van der Waals surface area contributed by atoms with E-state index in [1.807, 2.05) is 0 Å². The minimum Gasteiger partial charge on any atom is -0.423 e. The van der Waals surface area contributed by atoms with Crippen molar-refractivity contribution in [2.75, 3.05) is 5.32 Å². The molecule has 1 saturated carbocycles. The van der Waals surface area contributed by atoms with Crippen LogP contribution < -0.4 is 10.6 Å². The number of nitrogens with zero attached hydrogens (tertiary/aromatic N) is 2. The van der Waals surface area contributed by atoms with Gasteiger partial charge in [0.05, 0.1) is 0 Å². The molecule has 0 spiro atoms. The van der Waals surface area contributed by atoms with Crippen molar-refractivity contribution < 1.29 is 14.0 Å². The zero-order chi connectivity index (χ0) is 16.9. The lowest BCUT2D eigenvalue weighted by Gasteiger charge is -2.23. The van der Waals surface area contributed by atoms with Gasteiger partial charge in [0.2, 0.25) is 24.1 Å². The van der Waals surface area contributed by atoms with Crippen molar-refractivity contribution in [3.63, 3.8) is 0 Å². The van der Waals surface area contributed by atoms with Gasteiger partial charge in [-0.3, -0.25) is 9.59 Å². The summed E-state index contributed by atoms with van der Waals surface area (Å²) in [4.78, 5) is 24.0. The summed E-state index contributed by atoms with van der Waals surface area (Å²) in [7, 11) is 0. The third kappa shape index (κ3) is 3.79. The molecule has 0 aliphatic heterocycles. The van der Waals surface area contributed by atoms with E-state index in [-0.39, 0.29) is 17.7 Å². The number of anilines is 1. The molecule has 1 aliphatic rings. The van der Waals surface area contributed by atoms with Crippen LogP contribution in [0.4, 0.5) is 5.69 Å². The maximum atomic E-state index is 12.6. The van der Waals surface area contributed by atoms with Crippen LogP contribution in [0.2, 0.25) is 0 Å². The summed E-state index contributed by atoms with van der Waals surface area (Å²) in [6.07, 6.45) is 5.41. The Labute approximate surface area is 139 Å². The van der Waals surface area contributed by atoms with E-state index in [9.17, 15) is 9.59 Å². The van der Waals surface area contributed by atoms with Gasteiger partial charge in [-0.15, -0.1) is 10.2 Å². The highest BCUT2D eigenvalue weighted by molar-refractivity contribution is 5.97. The average molecular weight is 328 g/mol. The molecule has 7 nitrogen and oxygen atoms in total. The second-order valence-electron chi connectivity index (χ2n) is 6.03. The Morgan fingerprint density at radius 1 is 1.21 bits per heavy atom. The van der Waals surface area contributed by atoms with Crippen LogP contribution in [0.3, 0.4) is 0 Å². The van der Waals surface area contributed by atoms with Gasteiger partial charge in [0.15, 0.2) is 0 Å². The molecule has 1 aromatic heterocycles. The van der Waals surface area contributed by atoms with Crippen LogP contribution >= 0.6 is 0 Å². The largest absolute Gasteiger partial charge is 0.423 e. The molecule has 1 atom stereocenters. The Hall–Kier alpha value is -2.70. The monoisotopic (exact) mass is 328 g/mol. The Kier molecular flexibility index (Phi) is 4.88. The van der Waals surface area contributed by atoms with Crippen molar-refractivity contribution in [3.8, 4) is 11.5 Å². The Bertz CT molecular complexity index is 691. The van der Waals surface area contributed by atoms with Crippen molar-refractivity contribution in [2.45, 2.75) is 38.6 Å². The molecular weight excluding hydrogens is 308 g/mol. The predicted molar refractivity (Wildman–Crippen MR) is 87.9 cm³/mol. The Morgan fingerprint density at radius 2 is 1.92 bits per heavy atom. The van der Waals surface area contributed by atoms with Gasteiger partial charge in [0.1, 0.15) is 6.04 Å². The number of hydrogen-bond donors (Lipinski definition) is 2. The fourth-order valence-electron chi connectivity index (χ4n) is 3.12. The maximum Gasteiger partial charge on any atom is 0.247 e. The molecule has 1 heterocycles. The lowest BCUT2D eigenvalue weighted by atomic mass is 9.97. The lowest BCUT2D eigenvalue weighted by Crippen LogP contribution is -2.47. The van der Waals surface area contributed by atoms with Crippen molar-refractivity contribution in [1.82, 2.24) is 15.5 Å². The first-order valence-corrected chi connectivity index (χ1v) is 8.08. The summed E-state index contributed by atoms with van der Waals surface area (Å²) in [5.74, 6) is 0.262. The van der Waals surface area contributed by atoms with Gasteiger partial charge in [-0.25, -0.2) is 0 Å². The van der Waals surface area contributed by atoms with E-state index in [0.29, 0.717) is 11.6 Å². The van der Waals surface area contributed by atoms with Gasteiger partial charge < -0.3 is 15.1 Å². The van der Waals surface area contributed by atoms with E-state index in [1.165, 1.54) is 13.3 Å². The Morgan fingerprint density at radius 3 is 2.50 bits per heavy atom. The zero-order valence-corrected chi connectivity index (χ0v) is 13.5. The van der Waals surface area contributed by atoms with E-state index >= 15 is 0 Å². The standard InChI is InChI=1S/C17H20N4O3/c1-11(22)19-15(12-4-2-3-5-12)16(23)20-14-8-6-13(7-9-14)17-21-18-10-24-17/h6-10,12,15H,2-5H2,1H3,(H,19,22)(H,20,23). The molecule has 0 radical (unpaired) electrons. The van der Waals surface area contributed by atoms with E-state index in [0.717, 1.165) is 31.2 Å². The van der Waals surface area contributed by atoms with Crippen LogP contribution in [0.1, 0.15) is 32.6 Å². The van der Waals surface area contributed by atoms with Crippen molar-refractivity contribution >= 4 is 17.5 Å². The molecule has 0 bridgehead atoms. The molecule has 1 aromatic carbocycles. The number of aromatic nitrogens is 2. The molecule has 126 valence electrons. The highest BCUT2D eigenvalue weighted by Gasteiger charge is 2.31. The zero-order valence-electron chi connectivity index (χ0n) is 13.5. The Balaban J connectivity index is 1.68. The molecule has 1 fully saturated rings. The minimum absolute atomic E-state index is 0.178. The lowest BCUT2D eigenvalue weighted by molar-refractivity contribution is -0.126. The predicted octanol–water partition coefficient (Wildman–Crippen LogP) is 2.37. The molecule has 24 heavy (non-hydrogen) atoms. The second kappa shape index (κ2) is 7.25. The number of carbonyl (C=O) groups excluding carboxylic acids is 2. The van der Waals surface area contributed by atoms with Crippen LogP contribution in [0, 0.1) is 5.92 Å². The summed E-state index contributed by atoms with van der Waals surface area (Å²) < 4.78 is 5.13. The first-order chi connectivity index (χ1) is 11.6. The first-order valence-electron chi connectivity index (χ1n) is 8.08. The topological polar surface area (TPSA) is 97.1 Å². The highest BCUT2D eigenvalue weighted by atomic mass is 16.4. The first kappa shape index (κ1) is 16.2. The van der Waals surface area contributed by atoms with Crippen LogP contribution in [-0.2, 0) is 9.59 Å². The number of benzene rings is 1. The van der Waals surface area contributed by atoms with E-state index in [1.54, 1.807) is 24.3 Å². The molecule has 2 amide bonds. The molecular formula is C17H20N4O3. The minimum atomic E-state index is -0.486. The fraction of sp³-hybridized carbons (Fsp3) is 0.412. The normalized spacial score (nSPS) is 15.9. The van der Waals surface area contributed by atoms with E-state index in [2.05, 4.69) is 20.8 Å². The highest BCUT2D eigenvalue weighted by Crippen LogP contribution is 2.28. The number of hydrogen-bond acceptors (Lipinski definition) is 5. The van der Waals surface area contributed by atoms with Crippen LogP contribution in [0.5, 0.6) is 0 Å². The summed E-state index contributed by atoms with van der Waals surface area (Å²) in [5.41, 5.74) is 1.44. The summed E-state index contributed by atoms with van der Waals surface area (Å²) in [6.45, 7) is 1.44. The third-order valence-corrected chi connectivity index (χ3v) is 4.27. The number of nitrogens with one attached hydrogen (secondary N) is 2. The second-order valence-corrected chi connectivity index (χ2v) is 6.03. The molecule has 1 aliphatic carbocycles. The van der Waals surface area contributed by atoms with Gasteiger partial charge in [-0.05, 0) is 43.0 Å². The quantitative estimate of drug-likeness (QED) is 0.878. The molecule has 2 aromatic rings. The molecule has 7 heteroatoms. The van der Waals surface area contributed by atoms with Gasteiger partial charge in [0.25, 0.3) is 0 Å². The maximum absolute atomic E-state index is 12.6. The van der Waals surface area contributed by atoms with Crippen molar-refractivity contribution in [2.24, 2.45) is 5.92 Å². The molecule has 3 rings (SSSR count). The SMILES string of the molecule is CC(=O)NC(C(=O)Nc1ccc(-c2nnco2)cc1)C1CCCC1. The van der Waals surface area contributed by atoms with Crippen LogP contribution in [0.15, 0.2) is 35.1 Å².